The van der Waals surface area contributed by atoms with Crippen molar-refractivity contribution in [2.24, 2.45) is 10.9 Å². The molecule has 0 aliphatic carbocycles. The second-order valence-corrected chi connectivity index (χ2v) is 5.52. The molecule has 0 fully saturated rings. The van der Waals surface area contributed by atoms with E-state index in [1.807, 2.05) is 13.8 Å². The highest BCUT2D eigenvalue weighted by Gasteiger charge is 2.20. The van der Waals surface area contributed by atoms with E-state index in [1.165, 1.54) is 11.8 Å². The van der Waals surface area contributed by atoms with Crippen LogP contribution in [0, 0.1) is 5.92 Å². The van der Waals surface area contributed by atoms with Crippen molar-refractivity contribution in [2.45, 2.75) is 32.9 Å². The Balaban J connectivity index is 4.37. The van der Waals surface area contributed by atoms with Crippen molar-refractivity contribution in [3.63, 3.8) is 0 Å². The van der Waals surface area contributed by atoms with Crippen molar-refractivity contribution >= 4 is 40.2 Å². The van der Waals surface area contributed by atoms with Crippen molar-refractivity contribution in [1.82, 2.24) is 0 Å². The summed E-state index contributed by atoms with van der Waals surface area (Å²) in [6, 6.07) is 0. The van der Waals surface area contributed by atoms with Crippen LogP contribution in [0.5, 0.6) is 0 Å². The molecule has 0 aromatic carbocycles. The lowest BCUT2D eigenvalue weighted by atomic mass is 10.2. The number of carbonyl (C=O) groups is 1. The number of thiocarbonyl (C=S) groups is 1. The number of esters is 1. The molecule has 0 saturated heterocycles. The van der Waals surface area contributed by atoms with Gasteiger partial charge in [-0.3, -0.25) is 9.79 Å². The number of carbonyl (C=O) groups excluding carboxylic acids is 1. The van der Waals surface area contributed by atoms with Crippen LogP contribution in [0.1, 0.15) is 27.7 Å². The average Bonchev–Trinajstić information content (AvgIpc) is 2.25. The molecule has 4 nitrogen and oxygen atoms in total. The second-order valence-electron chi connectivity index (χ2n) is 3.58. The molecule has 0 aliphatic rings. The normalized spacial score (nSPS) is 13.4. The summed E-state index contributed by atoms with van der Waals surface area (Å²) >= 11 is 6.32. The molecule has 0 spiro atoms. The van der Waals surface area contributed by atoms with Gasteiger partial charge in [0.15, 0.2) is 0 Å². The highest BCUT2D eigenvalue weighted by atomic mass is 32.2. The van der Waals surface area contributed by atoms with E-state index >= 15 is 0 Å². The minimum absolute atomic E-state index is 0.137. The quantitative estimate of drug-likeness (QED) is 0.342. The monoisotopic (exact) mass is 277 g/mol. The van der Waals surface area contributed by atoms with Crippen molar-refractivity contribution in [3.8, 4) is 0 Å². The topological polar surface area (TPSA) is 47.9 Å². The van der Waals surface area contributed by atoms with Gasteiger partial charge in [-0.05, 0) is 26.1 Å². The fourth-order valence-corrected chi connectivity index (χ4v) is 2.16. The fraction of sp³-hybridized carbons (Fsp3) is 0.727. The highest BCUT2D eigenvalue weighted by molar-refractivity contribution is 8.23. The third-order valence-electron chi connectivity index (χ3n) is 1.78. The van der Waals surface area contributed by atoms with Gasteiger partial charge in [0, 0.05) is 7.05 Å². The zero-order chi connectivity index (χ0) is 13.4. The third-order valence-corrected chi connectivity index (χ3v) is 3.05. The molecular formula is C11H19NO3S2. The Hall–Kier alpha value is -0.620. The van der Waals surface area contributed by atoms with E-state index in [2.05, 4.69) is 4.99 Å². The van der Waals surface area contributed by atoms with Crippen molar-refractivity contribution < 1.29 is 14.3 Å². The van der Waals surface area contributed by atoms with Gasteiger partial charge in [0.2, 0.25) is 10.3 Å². The lowest BCUT2D eigenvalue weighted by Gasteiger charge is -2.15. The van der Waals surface area contributed by atoms with Crippen LogP contribution < -0.4 is 0 Å². The average molecular weight is 277 g/mol. The first-order valence-electron chi connectivity index (χ1n) is 5.44. The van der Waals surface area contributed by atoms with Gasteiger partial charge in [-0.25, -0.2) is 0 Å². The summed E-state index contributed by atoms with van der Waals surface area (Å²) in [5.41, 5.74) is 0. The molecule has 0 heterocycles. The summed E-state index contributed by atoms with van der Waals surface area (Å²) in [5, 5.41) is -0.137. The van der Waals surface area contributed by atoms with Gasteiger partial charge in [0.1, 0.15) is 0 Å². The molecule has 0 N–H and O–H groups in total. The number of ether oxygens (including phenoxy) is 2. The van der Waals surface area contributed by atoms with E-state index in [0.29, 0.717) is 16.9 Å². The first-order valence-corrected chi connectivity index (χ1v) is 6.72. The number of thioether (sulfide) groups is 1. The zero-order valence-corrected chi connectivity index (χ0v) is 12.5. The van der Waals surface area contributed by atoms with Crippen molar-refractivity contribution in [2.75, 3.05) is 13.7 Å². The number of hydrogen-bond acceptors (Lipinski definition) is 6. The van der Waals surface area contributed by atoms with Crippen LogP contribution in [0.25, 0.3) is 0 Å². The van der Waals surface area contributed by atoms with Crippen LogP contribution in [0.2, 0.25) is 0 Å². The van der Waals surface area contributed by atoms with Gasteiger partial charge in [-0.1, -0.05) is 25.6 Å². The molecule has 1 unspecified atom stereocenters. The number of rotatable bonds is 4. The maximum absolute atomic E-state index is 11.5. The molecule has 0 amide bonds. The smallest absolute Gasteiger partial charge is 0.314 e. The summed E-state index contributed by atoms with van der Waals surface area (Å²) in [6.07, 6.45) is 0. The molecule has 0 aromatic heterocycles. The van der Waals surface area contributed by atoms with Crippen LogP contribution in [0.4, 0.5) is 0 Å². The molecule has 0 saturated carbocycles. The molecule has 0 rings (SSSR count). The van der Waals surface area contributed by atoms with Gasteiger partial charge in [-0.15, -0.1) is 0 Å². The Labute approximate surface area is 112 Å². The highest BCUT2D eigenvalue weighted by Crippen LogP contribution is 2.17. The first-order chi connectivity index (χ1) is 7.92. The van der Waals surface area contributed by atoms with Crippen LogP contribution in [-0.4, -0.2) is 35.2 Å². The number of aliphatic imine (C=N–C) groups is 1. The van der Waals surface area contributed by atoms with Gasteiger partial charge < -0.3 is 9.47 Å². The van der Waals surface area contributed by atoms with Gasteiger partial charge in [-0.2, -0.15) is 0 Å². The summed E-state index contributed by atoms with van der Waals surface area (Å²) in [4.78, 5) is 15.4. The largest absolute Gasteiger partial charge is 0.479 e. The minimum atomic E-state index is -0.291. The van der Waals surface area contributed by atoms with E-state index in [0.717, 1.165) is 0 Å². The Kier molecular flexibility index (Phi) is 8.16. The zero-order valence-electron chi connectivity index (χ0n) is 10.9. The SMILES string of the molecule is CCOC(=S)SC(C)/C(=N/C)OC(=O)C(C)C. The number of hydrogen-bond donors (Lipinski definition) is 0. The molecule has 0 aromatic rings. The fourth-order valence-electron chi connectivity index (χ4n) is 0.878. The third kappa shape index (κ3) is 6.63. The van der Waals surface area contributed by atoms with E-state index < -0.39 is 0 Å². The summed E-state index contributed by atoms with van der Waals surface area (Å²) < 4.78 is 10.8. The van der Waals surface area contributed by atoms with E-state index in [4.69, 9.17) is 21.7 Å². The van der Waals surface area contributed by atoms with Gasteiger partial charge in [0.05, 0.1) is 17.8 Å². The molecule has 0 aliphatic heterocycles. The van der Waals surface area contributed by atoms with E-state index in [9.17, 15) is 4.79 Å². The predicted octanol–water partition coefficient (Wildman–Crippen LogP) is 2.66. The molecule has 0 radical (unpaired) electrons. The summed E-state index contributed by atoms with van der Waals surface area (Å²) in [6.45, 7) is 7.82. The molecule has 98 valence electrons. The van der Waals surface area contributed by atoms with Gasteiger partial charge >= 0.3 is 5.97 Å². The lowest BCUT2D eigenvalue weighted by Crippen LogP contribution is -2.25. The number of nitrogens with zero attached hydrogens (tertiary/aromatic N) is 1. The molecule has 1 atom stereocenters. The van der Waals surface area contributed by atoms with Crippen LogP contribution >= 0.6 is 24.0 Å². The van der Waals surface area contributed by atoms with Gasteiger partial charge in [0.25, 0.3) is 0 Å². The molecule has 17 heavy (non-hydrogen) atoms. The standard InChI is InChI=1S/C11H19NO3S2/c1-6-14-11(16)17-8(4)9(12-5)15-10(13)7(2)3/h7-8H,6H2,1-5H3/b12-9-. The van der Waals surface area contributed by atoms with Crippen molar-refractivity contribution in [3.05, 3.63) is 0 Å². The predicted molar refractivity (Wildman–Crippen MR) is 75.6 cm³/mol. The maximum atomic E-state index is 11.5. The molecule has 0 bridgehead atoms. The van der Waals surface area contributed by atoms with Crippen molar-refractivity contribution in [1.29, 1.82) is 0 Å². The summed E-state index contributed by atoms with van der Waals surface area (Å²) in [5.74, 6) is -0.0982. The van der Waals surface area contributed by atoms with Crippen LogP contribution in [0.3, 0.4) is 0 Å². The minimum Gasteiger partial charge on any atom is -0.479 e. The van der Waals surface area contributed by atoms with Crippen LogP contribution in [-0.2, 0) is 14.3 Å². The lowest BCUT2D eigenvalue weighted by molar-refractivity contribution is -0.139. The second kappa shape index (κ2) is 8.47. The Morgan fingerprint density at radius 3 is 2.41 bits per heavy atom. The first kappa shape index (κ1) is 16.4. The van der Waals surface area contributed by atoms with E-state index in [-0.39, 0.29) is 17.1 Å². The summed E-state index contributed by atoms with van der Waals surface area (Å²) in [7, 11) is 1.59. The Bertz CT molecular complexity index is 303. The maximum Gasteiger partial charge on any atom is 0.314 e. The Morgan fingerprint density at radius 1 is 1.41 bits per heavy atom. The van der Waals surface area contributed by atoms with E-state index in [1.54, 1.807) is 20.9 Å². The van der Waals surface area contributed by atoms with Crippen LogP contribution in [0.15, 0.2) is 4.99 Å². The molecule has 6 heteroatoms. The molecular weight excluding hydrogens is 258 g/mol. The Morgan fingerprint density at radius 2 is 2.00 bits per heavy atom.